The number of hydrogen-bond acceptors (Lipinski definition) is 9. The van der Waals surface area contributed by atoms with Crippen LogP contribution in [0.1, 0.15) is 33.8 Å². The van der Waals surface area contributed by atoms with Crippen LogP contribution in [0.4, 0.5) is 5.69 Å². The molecule has 0 saturated carbocycles. The molecule has 0 spiro atoms. The van der Waals surface area contributed by atoms with E-state index in [1.54, 1.807) is 33.3 Å². The van der Waals surface area contributed by atoms with Gasteiger partial charge in [-0.2, -0.15) is 4.98 Å². The summed E-state index contributed by atoms with van der Waals surface area (Å²) in [7, 11) is 4.43. The largest absolute Gasteiger partial charge is 0.496 e. The molecule has 0 saturated heterocycles. The van der Waals surface area contributed by atoms with Gasteiger partial charge in [0.05, 0.1) is 27.8 Å². The number of carbonyl (C=O) groups is 2. The van der Waals surface area contributed by atoms with Crippen molar-refractivity contribution >= 4 is 17.6 Å². The standard InChI is InChI=1S/C24H28N4O6/c1-14-20(31-3)11-18(12-21(14)32-4)24(30)26-13-17-7-6-16(23-27-15(2)34-28-23)10-19(17)25-9-8-22(29)33-5/h6-7,10-12,25H,8-9,13H2,1-5H3,(H,26,30). The van der Waals surface area contributed by atoms with E-state index in [9.17, 15) is 9.59 Å². The van der Waals surface area contributed by atoms with Crippen LogP contribution in [0.2, 0.25) is 0 Å². The number of carbonyl (C=O) groups excluding carboxylic acids is 2. The fourth-order valence-electron chi connectivity index (χ4n) is 3.35. The predicted molar refractivity (Wildman–Crippen MR) is 125 cm³/mol. The highest BCUT2D eigenvalue weighted by molar-refractivity contribution is 5.95. The van der Waals surface area contributed by atoms with Crippen molar-refractivity contribution < 1.29 is 28.3 Å². The molecule has 0 aliphatic rings. The second-order valence-electron chi connectivity index (χ2n) is 7.45. The lowest BCUT2D eigenvalue weighted by Gasteiger charge is -2.15. The van der Waals surface area contributed by atoms with Gasteiger partial charge in [-0.1, -0.05) is 17.3 Å². The third-order valence-corrected chi connectivity index (χ3v) is 5.22. The quantitative estimate of drug-likeness (QED) is 0.431. The minimum atomic E-state index is -0.324. The first-order chi connectivity index (χ1) is 16.4. The highest BCUT2D eigenvalue weighted by atomic mass is 16.5. The maximum Gasteiger partial charge on any atom is 0.307 e. The SMILES string of the molecule is COC(=O)CCNc1cc(-c2noc(C)n2)ccc1CNC(=O)c1cc(OC)c(C)c(OC)c1. The normalized spacial score (nSPS) is 10.5. The monoisotopic (exact) mass is 468 g/mol. The second kappa shape index (κ2) is 11.2. The van der Waals surface area contributed by atoms with Crippen molar-refractivity contribution in [2.45, 2.75) is 26.8 Å². The number of anilines is 1. The molecule has 3 aromatic rings. The number of aryl methyl sites for hydroxylation is 1. The Morgan fingerprint density at radius 2 is 1.74 bits per heavy atom. The molecule has 0 bridgehead atoms. The average molecular weight is 469 g/mol. The third kappa shape index (κ3) is 5.83. The minimum absolute atomic E-state index is 0.191. The van der Waals surface area contributed by atoms with Crippen LogP contribution in [0, 0.1) is 13.8 Å². The van der Waals surface area contributed by atoms with Gasteiger partial charge in [0.1, 0.15) is 11.5 Å². The van der Waals surface area contributed by atoms with Gasteiger partial charge in [0.25, 0.3) is 5.91 Å². The van der Waals surface area contributed by atoms with Gasteiger partial charge in [0.15, 0.2) is 0 Å². The van der Waals surface area contributed by atoms with Crippen molar-refractivity contribution in [2.75, 3.05) is 33.2 Å². The van der Waals surface area contributed by atoms with E-state index in [0.29, 0.717) is 35.3 Å². The molecule has 180 valence electrons. The van der Waals surface area contributed by atoms with Crippen LogP contribution in [0.25, 0.3) is 11.4 Å². The Kier molecular flexibility index (Phi) is 8.07. The van der Waals surface area contributed by atoms with E-state index in [2.05, 4.69) is 20.8 Å². The lowest BCUT2D eigenvalue weighted by molar-refractivity contribution is -0.140. The van der Waals surface area contributed by atoms with E-state index < -0.39 is 0 Å². The lowest BCUT2D eigenvalue weighted by Crippen LogP contribution is -2.24. The molecule has 0 radical (unpaired) electrons. The van der Waals surface area contributed by atoms with Gasteiger partial charge in [0, 0.05) is 42.4 Å². The zero-order valence-corrected chi connectivity index (χ0v) is 19.9. The molecule has 3 rings (SSSR count). The van der Waals surface area contributed by atoms with Gasteiger partial charge >= 0.3 is 5.97 Å². The summed E-state index contributed by atoms with van der Waals surface area (Å²) in [5.41, 5.74) is 3.50. The van der Waals surface area contributed by atoms with Gasteiger partial charge in [-0.25, -0.2) is 0 Å². The number of methoxy groups -OCH3 is 3. The summed E-state index contributed by atoms with van der Waals surface area (Å²) in [6.45, 7) is 4.17. The van der Waals surface area contributed by atoms with Crippen LogP contribution < -0.4 is 20.1 Å². The Balaban J connectivity index is 1.80. The highest BCUT2D eigenvalue weighted by Crippen LogP contribution is 2.30. The molecule has 2 aromatic carbocycles. The number of aromatic nitrogens is 2. The van der Waals surface area contributed by atoms with Gasteiger partial charge in [0.2, 0.25) is 11.7 Å². The van der Waals surface area contributed by atoms with Gasteiger partial charge in [-0.15, -0.1) is 0 Å². The Hall–Kier alpha value is -4.08. The molecule has 10 heteroatoms. The topological polar surface area (TPSA) is 125 Å². The first-order valence-corrected chi connectivity index (χ1v) is 10.6. The molecule has 0 aliphatic carbocycles. The van der Waals surface area contributed by atoms with Crippen molar-refractivity contribution in [3.63, 3.8) is 0 Å². The third-order valence-electron chi connectivity index (χ3n) is 5.22. The smallest absolute Gasteiger partial charge is 0.307 e. The van der Waals surface area contributed by atoms with Gasteiger partial charge < -0.3 is 29.4 Å². The Labute approximate surface area is 197 Å². The number of hydrogen-bond donors (Lipinski definition) is 2. The van der Waals surface area contributed by atoms with E-state index in [-0.39, 0.29) is 24.8 Å². The number of benzene rings is 2. The molecule has 0 fully saturated rings. The predicted octanol–water partition coefficient (Wildman–Crippen LogP) is 3.28. The summed E-state index contributed by atoms with van der Waals surface area (Å²) in [5.74, 6) is 1.42. The zero-order chi connectivity index (χ0) is 24.7. The van der Waals surface area contributed by atoms with Crippen molar-refractivity contribution in [2.24, 2.45) is 0 Å². The number of nitrogens with one attached hydrogen (secondary N) is 2. The van der Waals surface area contributed by atoms with E-state index >= 15 is 0 Å². The van der Waals surface area contributed by atoms with Crippen molar-refractivity contribution in [1.29, 1.82) is 0 Å². The molecule has 1 aromatic heterocycles. The van der Waals surface area contributed by atoms with Crippen LogP contribution in [0.3, 0.4) is 0 Å². The molecule has 0 aliphatic heterocycles. The van der Waals surface area contributed by atoms with Crippen molar-refractivity contribution in [1.82, 2.24) is 15.5 Å². The van der Waals surface area contributed by atoms with E-state index in [1.165, 1.54) is 7.11 Å². The summed E-state index contributed by atoms with van der Waals surface area (Å²) >= 11 is 0. The highest BCUT2D eigenvalue weighted by Gasteiger charge is 2.15. The average Bonchev–Trinajstić information content (AvgIpc) is 3.29. The maximum atomic E-state index is 12.9. The van der Waals surface area contributed by atoms with Crippen LogP contribution in [0.5, 0.6) is 11.5 Å². The number of amides is 1. The molecule has 0 atom stereocenters. The van der Waals surface area contributed by atoms with E-state index in [0.717, 1.165) is 22.4 Å². The summed E-state index contributed by atoms with van der Waals surface area (Å²) < 4.78 is 20.5. The summed E-state index contributed by atoms with van der Waals surface area (Å²) in [6, 6.07) is 8.89. The van der Waals surface area contributed by atoms with Crippen molar-refractivity contribution in [3.05, 3.63) is 52.9 Å². The van der Waals surface area contributed by atoms with Crippen molar-refractivity contribution in [3.8, 4) is 22.9 Å². The molecular formula is C24H28N4O6. The zero-order valence-electron chi connectivity index (χ0n) is 19.9. The van der Waals surface area contributed by atoms with Gasteiger partial charge in [-0.3, -0.25) is 9.59 Å². The van der Waals surface area contributed by atoms with E-state index in [1.807, 2.05) is 25.1 Å². The maximum absolute atomic E-state index is 12.9. The fourth-order valence-corrected chi connectivity index (χ4v) is 3.35. The Bertz CT molecular complexity index is 1150. The van der Waals surface area contributed by atoms with Crippen LogP contribution in [-0.4, -0.2) is 49.9 Å². The minimum Gasteiger partial charge on any atom is -0.496 e. The van der Waals surface area contributed by atoms with Crippen LogP contribution in [0.15, 0.2) is 34.9 Å². The summed E-state index contributed by atoms with van der Waals surface area (Å²) in [5, 5.41) is 10.1. The summed E-state index contributed by atoms with van der Waals surface area (Å²) in [4.78, 5) is 28.6. The molecule has 2 N–H and O–H groups in total. The molecule has 34 heavy (non-hydrogen) atoms. The number of ether oxygens (including phenoxy) is 3. The Morgan fingerprint density at radius 1 is 1.03 bits per heavy atom. The first kappa shape index (κ1) is 24.6. The van der Waals surface area contributed by atoms with Crippen LogP contribution in [-0.2, 0) is 16.1 Å². The first-order valence-electron chi connectivity index (χ1n) is 10.6. The lowest BCUT2D eigenvalue weighted by atomic mass is 10.1. The van der Waals surface area contributed by atoms with Crippen LogP contribution >= 0.6 is 0 Å². The number of esters is 1. The molecule has 10 nitrogen and oxygen atoms in total. The molecule has 1 amide bonds. The fraction of sp³-hybridized carbons (Fsp3) is 0.333. The molecular weight excluding hydrogens is 440 g/mol. The van der Waals surface area contributed by atoms with E-state index in [4.69, 9.17) is 18.7 Å². The number of rotatable bonds is 10. The number of nitrogens with zero attached hydrogens (tertiary/aromatic N) is 2. The molecule has 1 heterocycles. The Morgan fingerprint density at radius 3 is 2.32 bits per heavy atom. The molecule has 0 unspecified atom stereocenters. The second-order valence-corrected chi connectivity index (χ2v) is 7.45. The van der Waals surface area contributed by atoms with Gasteiger partial charge in [-0.05, 0) is 30.7 Å². The summed E-state index contributed by atoms with van der Waals surface area (Å²) in [6.07, 6.45) is 0.191.